The summed E-state index contributed by atoms with van der Waals surface area (Å²) in [6, 6.07) is 5.79. The van der Waals surface area contributed by atoms with Crippen LogP contribution in [0.15, 0.2) is 35.1 Å². The van der Waals surface area contributed by atoms with Crippen molar-refractivity contribution in [1.82, 2.24) is 24.8 Å². The number of piperazine rings is 1. The third-order valence-electron chi connectivity index (χ3n) is 7.09. The zero-order valence-electron chi connectivity index (χ0n) is 21.8. The number of carbonyl (C=O) groups excluding carboxylic acids is 1. The molecule has 0 atom stereocenters. The van der Waals surface area contributed by atoms with Crippen LogP contribution in [-0.4, -0.2) is 77.1 Å². The fraction of sp³-hybridized carbons (Fsp3) is 0.444. The lowest BCUT2D eigenvalue weighted by Crippen LogP contribution is -2.44. The Labute approximate surface area is 225 Å². The molecule has 2 aliphatic heterocycles. The van der Waals surface area contributed by atoms with Crippen LogP contribution >= 0.6 is 11.3 Å². The number of aryl methyl sites for hydroxylation is 1. The van der Waals surface area contributed by atoms with Crippen LogP contribution in [0.2, 0.25) is 0 Å². The van der Waals surface area contributed by atoms with Crippen molar-refractivity contribution in [3.05, 3.63) is 42.0 Å². The number of anilines is 3. The molecule has 0 aliphatic carbocycles. The van der Waals surface area contributed by atoms with Crippen molar-refractivity contribution >= 4 is 44.2 Å². The zero-order chi connectivity index (χ0) is 26.1. The summed E-state index contributed by atoms with van der Waals surface area (Å²) in [5, 5.41) is 4.12. The average Bonchev–Trinajstić information content (AvgIpc) is 3.56. The van der Waals surface area contributed by atoms with Crippen LogP contribution in [0.5, 0.6) is 0 Å². The van der Waals surface area contributed by atoms with E-state index < -0.39 is 0 Å². The molecule has 0 saturated carbocycles. The second kappa shape index (κ2) is 10.7. The van der Waals surface area contributed by atoms with Gasteiger partial charge in [0.05, 0.1) is 22.5 Å². The summed E-state index contributed by atoms with van der Waals surface area (Å²) in [5.74, 6) is 1.13. The molecular weight excluding hydrogens is 500 g/mol. The maximum atomic E-state index is 13.2. The Morgan fingerprint density at radius 1 is 1.03 bits per heavy atom. The highest BCUT2D eigenvalue weighted by Gasteiger charge is 2.23. The smallest absolute Gasteiger partial charge is 0.230 e. The monoisotopic (exact) mass is 532 g/mol. The van der Waals surface area contributed by atoms with Gasteiger partial charge >= 0.3 is 0 Å². The molecule has 38 heavy (non-hydrogen) atoms. The molecule has 0 spiro atoms. The van der Waals surface area contributed by atoms with Gasteiger partial charge in [-0.25, -0.2) is 9.97 Å². The third kappa shape index (κ3) is 5.34. The Morgan fingerprint density at radius 3 is 2.63 bits per heavy atom. The number of nitrogens with one attached hydrogen (secondary N) is 1. The molecule has 0 unspecified atom stereocenters. The van der Waals surface area contributed by atoms with Crippen molar-refractivity contribution in [2.75, 3.05) is 61.4 Å². The number of aromatic nitrogens is 4. The number of carbonyl (C=O) groups is 1. The molecule has 6 heterocycles. The number of piperidine rings is 1. The van der Waals surface area contributed by atoms with Gasteiger partial charge in [-0.1, -0.05) is 11.3 Å². The highest BCUT2D eigenvalue weighted by Crippen LogP contribution is 2.35. The highest BCUT2D eigenvalue weighted by atomic mass is 32.1. The van der Waals surface area contributed by atoms with Crippen LogP contribution in [0, 0.1) is 6.92 Å². The van der Waals surface area contributed by atoms with Gasteiger partial charge in [0, 0.05) is 56.7 Å². The van der Waals surface area contributed by atoms with E-state index in [9.17, 15) is 4.79 Å². The Balaban J connectivity index is 1.24. The van der Waals surface area contributed by atoms with E-state index in [1.165, 1.54) is 6.42 Å². The van der Waals surface area contributed by atoms with Gasteiger partial charge in [0.25, 0.3) is 0 Å². The van der Waals surface area contributed by atoms with E-state index in [1.54, 1.807) is 23.8 Å². The van der Waals surface area contributed by atoms with Gasteiger partial charge < -0.3 is 24.4 Å². The molecule has 10 nitrogen and oxygen atoms in total. The molecule has 2 fully saturated rings. The molecule has 4 aromatic heterocycles. The number of nitrogens with zero attached hydrogens (tertiary/aromatic N) is 7. The predicted octanol–water partition coefficient (Wildman–Crippen LogP) is 3.97. The molecule has 1 N–H and O–H groups in total. The minimum atomic E-state index is -0.154. The molecule has 4 aromatic rings. The van der Waals surface area contributed by atoms with E-state index in [2.05, 4.69) is 37.0 Å². The van der Waals surface area contributed by atoms with Crippen LogP contribution in [0.25, 0.3) is 21.8 Å². The van der Waals surface area contributed by atoms with E-state index >= 15 is 0 Å². The summed E-state index contributed by atoms with van der Waals surface area (Å²) in [6.45, 7) is 7.73. The molecule has 1 amide bonds. The van der Waals surface area contributed by atoms with E-state index in [0.717, 1.165) is 90.4 Å². The highest BCUT2D eigenvalue weighted by molar-refractivity contribution is 7.22. The molecule has 2 saturated heterocycles. The number of hydrogen-bond acceptors (Lipinski definition) is 10. The topological polar surface area (TPSA) is 104 Å². The van der Waals surface area contributed by atoms with E-state index in [1.807, 2.05) is 25.1 Å². The maximum absolute atomic E-state index is 13.2. The van der Waals surface area contributed by atoms with Gasteiger partial charge in [-0.2, -0.15) is 4.98 Å². The SMILES string of the molecule is Cc1cc(-c2nc(CC(=O)Nc3cc4sc(N5CCN(C)CC5)nc4nc3N3CCCCC3)co2)ccn1. The minimum absolute atomic E-state index is 0.111. The van der Waals surface area contributed by atoms with Crippen LogP contribution in [0.4, 0.5) is 16.6 Å². The number of hydrogen-bond donors (Lipinski definition) is 1. The van der Waals surface area contributed by atoms with Gasteiger partial charge in [0.2, 0.25) is 11.8 Å². The minimum Gasteiger partial charge on any atom is -0.444 e. The molecule has 0 aromatic carbocycles. The lowest BCUT2D eigenvalue weighted by atomic mass is 10.1. The number of amides is 1. The number of thiazole rings is 1. The number of oxazole rings is 1. The quantitative estimate of drug-likeness (QED) is 0.395. The fourth-order valence-corrected chi connectivity index (χ4v) is 5.97. The van der Waals surface area contributed by atoms with Crippen molar-refractivity contribution in [2.24, 2.45) is 0 Å². The third-order valence-corrected chi connectivity index (χ3v) is 8.14. The first-order valence-corrected chi connectivity index (χ1v) is 14.0. The van der Waals surface area contributed by atoms with Gasteiger partial charge in [-0.05, 0) is 51.4 Å². The fourth-order valence-electron chi connectivity index (χ4n) is 4.97. The van der Waals surface area contributed by atoms with Crippen molar-refractivity contribution in [3.63, 3.8) is 0 Å². The van der Waals surface area contributed by atoms with Gasteiger partial charge in [-0.15, -0.1) is 0 Å². The molecule has 2 aliphatic rings. The molecule has 198 valence electrons. The summed E-state index contributed by atoms with van der Waals surface area (Å²) in [6.07, 6.45) is 6.83. The number of likely N-dealkylation sites (N-methyl/N-ethyl adjacent to an activating group) is 1. The molecular formula is C27H32N8O2S. The van der Waals surface area contributed by atoms with Crippen molar-refractivity contribution in [3.8, 4) is 11.5 Å². The lowest BCUT2D eigenvalue weighted by molar-refractivity contribution is -0.115. The van der Waals surface area contributed by atoms with Crippen LogP contribution in [0.1, 0.15) is 30.7 Å². The average molecular weight is 533 g/mol. The zero-order valence-corrected chi connectivity index (χ0v) is 22.6. The number of rotatable bonds is 6. The van der Waals surface area contributed by atoms with E-state index in [4.69, 9.17) is 14.4 Å². The standard InChI is InChI=1S/C27H32N8O2S/c1-18-14-19(6-7-28-18)26-29-20(17-37-26)15-23(36)30-21-16-22-24(31-25(21)34-8-4-3-5-9-34)32-27(38-22)35-12-10-33(2)11-13-35/h6-7,14,16-17H,3-5,8-13,15H2,1-2H3,(H,30,36). The summed E-state index contributed by atoms with van der Waals surface area (Å²) < 4.78 is 6.63. The summed E-state index contributed by atoms with van der Waals surface area (Å²) in [4.78, 5) is 38.7. The first-order valence-electron chi connectivity index (χ1n) is 13.2. The second-order valence-corrected chi connectivity index (χ2v) is 11.1. The van der Waals surface area contributed by atoms with Crippen molar-refractivity contribution < 1.29 is 9.21 Å². The van der Waals surface area contributed by atoms with E-state index in [0.29, 0.717) is 11.6 Å². The Kier molecular flexibility index (Phi) is 6.94. The summed E-state index contributed by atoms with van der Waals surface area (Å²) in [7, 11) is 2.15. The van der Waals surface area contributed by atoms with Crippen LogP contribution in [0.3, 0.4) is 0 Å². The Hall–Kier alpha value is -3.57. The largest absolute Gasteiger partial charge is 0.444 e. The number of fused-ring (bicyclic) bond motifs is 1. The van der Waals surface area contributed by atoms with Crippen LogP contribution in [-0.2, 0) is 11.2 Å². The Bertz CT molecular complexity index is 1440. The van der Waals surface area contributed by atoms with Gasteiger partial charge in [0.1, 0.15) is 6.26 Å². The van der Waals surface area contributed by atoms with Crippen molar-refractivity contribution in [2.45, 2.75) is 32.6 Å². The van der Waals surface area contributed by atoms with Crippen molar-refractivity contribution in [1.29, 1.82) is 0 Å². The normalized spacial score (nSPS) is 16.8. The van der Waals surface area contributed by atoms with Gasteiger partial charge in [-0.3, -0.25) is 9.78 Å². The predicted molar refractivity (Wildman–Crippen MR) is 150 cm³/mol. The summed E-state index contributed by atoms with van der Waals surface area (Å²) in [5.41, 5.74) is 3.78. The summed E-state index contributed by atoms with van der Waals surface area (Å²) >= 11 is 1.64. The Morgan fingerprint density at radius 2 is 1.84 bits per heavy atom. The molecule has 11 heteroatoms. The second-order valence-electron chi connectivity index (χ2n) is 10.1. The first-order chi connectivity index (χ1) is 18.5. The molecule has 6 rings (SSSR count). The number of pyridine rings is 2. The molecule has 0 bridgehead atoms. The molecule has 0 radical (unpaired) electrons. The van der Waals surface area contributed by atoms with E-state index in [-0.39, 0.29) is 12.3 Å². The lowest BCUT2D eigenvalue weighted by Gasteiger charge is -2.31. The maximum Gasteiger partial charge on any atom is 0.230 e. The first kappa shape index (κ1) is 24.7. The van der Waals surface area contributed by atoms with Crippen LogP contribution < -0.4 is 15.1 Å². The van der Waals surface area contributed by atoms with Gasteiger partial charge in [0.15, 0.2) is 16.6 Å².